The predicted molar refractivity (Wildman–Crippen MR) is 94.2 cm³/mol. The molecule has 1 atom stereocenters. The van der Waals surface area contributed by atoms with Gasteiger partial charge in [0.05, 0.1) is 13.2 Å². The number of hydrogen-bond acceptors (Lipinski definition) is 4. The summed E-state index contributed by atoms with van der Waals surface area (Å²) in [6.07, 6.45) is 8.23. The Hall–Kier alpha value is -1.62. The van der Waals surface area contributed by atoms with Crippen molar-refractivity contribution in [1.82, 2.24) is 9.88 Å². The van der Waals surface area contributed by atoms with Gasteiger partial charge >= 0.3 is 0 Å². The van der Waals surface area contributed by atoms with Crippen LogP contribution in [0.3, 0.4) is 0 Å². The van der Waals surface area contributed by atoms with Crippen LogP contribution in [0.25, 0.3) is 0 Å². The average Bonchev–Trinajstić information content (AvgIpc) is 3.46. The fourth-order valence-electron chi connectivity index (χ4n) is 4.28. The first-order chi connectivity index (χ1) is 12.3. The van der Waals surface area contributed by atoms with Crippen molar-refractivity contribution in [1.29, 1.82) is 0 Å². The number of hydrogen-bond donors (Lipinski definition) is 0. The molecular formula is C20H28N2O3. The Morgan fingerprint density at radius 2 is 2.12 bits per heavy atom. The van der Waals surface area contributed by atoms with E-state index >= 15 is 0 Å². The third kappa shape index (κ3) is 3.97. The van der Waals surface area contributed by atoms with E-state index in [-0.39, 0.29) is 5.41 Å². The largest absolute Gasteiger partial charge is 0.477 e. The van der Waals surface area contributed by atoms with Gasteiger partial charge in [0.1, 0.15) is 0 Å². The molecule has 5 heteroatoms. The lowest BCUT2D eigenvalue weighted by atomic mass is 9.66. The van der Waals surface area contributed by atoms with Gasteiger partial charge in [-0.2, -0.15) is 0 Å². The van der Waals surface area contributed by atoms with Crippen LogP contribution in [0.1, 0.15) is 38.5 Å². The van der Waals surface area contributed by atoms with Crippen LogP contribution in [0.15, 0.2) is 24.4 Å². The molecule has 3 heterocycles. The molecule has 136 valence electrons. The van der Waals surface area contributed by atoms with Gasteiger partial charge in [-0.15, -0.1) is 0 Å². The summed E-state index contributed by atoms with van der Waals surface area (Å²) in [5, 5.41) is 0. The number of likely N-dealkylation sites (tertiary alicyclic amines) is 1. The van der Waals surface area contributed by atoms with E-state index in [2.05, 4.69) is 9.88 Å². The third-order valence-electron chi connectivity index (χ3n) is 6.27. The summed E-state index contributed by atoms with van der Waals surface area (Å²) in [5.41, 5.74) is 0.253. The highest BCUT2D eigenvalue weighted by molar-refractivity contribution is 5.76. The molecule has 0 bridgehead atoms. The van der Waals surface area contributed by atoms with Crippen molar-refractivity contribution >= 4 is 5.91 Å². The van der Waals surface area contributed by atoms with Crippen LogP contribution in [0.5, 0.6) is 5.88 Å². The highest BCUT2D eigenvalue weighted by atomic mass is 16.5. The van der Waals surface area contributed by atoms with Crippen LogP contribution in [0.2, 0.25) is 0 Å². The Labute approximate surface area is 149 Å². The van der Waals surface area contributed by atoms with Crippen LogP contribution >= 0.6 is 0 Å². The quantitative estimate of drug-likeness (QED) is 0.824. The van der Waals surface area contributed by atoms with E-state index in [0.29, 0.717) is 30.2 Å². The fourth-order valence-corrected chi connectivity index (χ4v) is 4.28. The summed E-state index contributed by atoms with van der Waals surface area (Å²) in [6.45, 7) is 4.02. The molecule has 0 N–H and O–H groups in total. The molecule has 1 aliphatic carbocycles. The van der Waals surface area contributed by atoms with E-state index in [1.165, 1.54) is 12.8 Å². The van der Waals surface area contributed by atoms with Gasteiger partial charge in [0.15, 0.2) is 0 Å². The molecule has 3 fully saturated rings. The Morgan fingerprint density at radius 1 is 1.28 bits per heavy atom. The molecule has 0 aromatic carbocycles. The Morgan fingerprint density at radius 3 is 2.84 bits per heavy atom. The average molecular weight is 344 g/mol. The van der Waals surface area contributed by atoms with Crippen LogP contribution in [0.4, 0.5) is 0 Å². The minimum Gasteiger partial charge on any atom is -0.477 e. The third-order valence-corrected chi connectivity index (χ3v) is 6.27. The molecule has 4 rings (SSSR count). The van der Waals surface area contributed by atoms with Crippen molar-refractivity contribution in [3.8, 4) is 5.88 Å². The zero-order valence-corrected chi connectivity index (χ0v) is 14.9. The summed E-state index contributed by atoms with van der Waals surface area (Å²) in [7, 11) is 0. The first-order valence-corrected chi connectivity index (χ1v) is 9.64. The second-order valence-corrected chi connectivity index (χ2v) is 7.89. The van der Waals surface area contributed by atoms with Gasteiger partial charge in [0.25, 0.3) is 0 Å². The van der Waals surface area contributed by atoms with Crippen LogP contribution in [0, 0.1) is 17.3 Å². The molecule has 2 saturated heterocycles. The first kappa shape index (κ1) is 16.8. The number of carbonyl (C=O) groups is 1. The molecule has 3 aliphatic rings. The summed E-state index contributed by atoms with van der Waals surface area (Å²) >= 11 is 0. The van der Waals surface area contributed by atoms with Crippen molar-refractivity contribution < 1.29 is 14.3 Å². The minimum atomic E-state index is 0.253. The van der Waals surface area contributed by atoms with Crippen LogP contribution in [-0.2, 0) is 9.53 Å². The Bertz CT molecular complexity index is 580. The summed E-state index contributed by atoms with van der Waals surface area (Å²) in [6, 6.07) is 5.74. The Kier molecular flexibility index (Phi) is 4.93. The van der Waals surface area contributed by atoms with Crippen molar-refractivity contribution in [3.63, 3.8) is 0 Å². The zero-order chi connectivity index (χ0) is 17.1. The number of rotatable bonds is 5. The maximum atomic E-state index is 12.4. The smallest absolute Gasteiger partial charge is 0.222 e. The molecule has 0 unspecified atom stereocenters. The SMILES string of the molecule is O=C(CC1CC1)N1CCC2(CCOC[C@H]2COc2ccccn2)CC1. The first-order valence-electron chi connectivity index (χ1n) is 9.64. The topological polar surface area (TPSA) is 51.7 Å². The highest BCUT2D eigenvalue weighted by Gasteiger charge is 2.44. The minimum absolute atomic E-state index is 0.253. The van der Waals surface area contributed by atoms with Gasteiger partial charge in [-0.3, -0.25) is 4.79 Å². The van der Waals surface area contributed by atoms with Gasteiger partial charge in [-0.05, 0) is 49.5 Å². The van der Waals surface area contributed by atoms with Crippen LogP contribution < -0.4 is 4.74 Å². The molecule has 1 aromatic heterocycles. The van der Waals surface area contributed by atoms with Crippen molar-refractivity contribution in [2.24, 2.45) is 17.3 Å². The number of nitrogens with zero attached hydrogens (tertiary/aromatic N) is 2. The second kappa shape index (κ2) is 7.32. The van der Waals surface area contributed by atoms with Gasteiger partial charge in [-0.25, -0.2) is 4.98 Å². The summed E-state index contributed by atoms with van der Waals surface area (Å²) < 4.78 is 11.7. The number of pyridine rings is 1. The molecule has 1 spiro atoms. The molecule has 0 radical (unpaired) electrons. The second-order valence-electron chi connectivity index (χ2n) is 7.89. The van der Waals surface area contributed by atoms with Crippen molar-refractivity contribution in [2.45, 2.75) is 38.5 Å². The highest BCUT2D eigenvalue weighted by Crippen LogP contribution is 2.45. The molecule has 1 aromatic rings. The molecule has 2 aliphatic heterocycles. The Balaban J connectivity index is 1.34. The van der Waals surface area contributed by atoms with Crippen molar-refractivity contribution in [3.05, 3.63) is 24.4 Å². The fraction of sp³-hybridized carbons (Fsp3) is 0.700. The van der Waals surface area contributed by atoms with Gasteiger partial charge in [-0.1, -0.05) is 6.07 Å². The standard InChI is InChI=1S/C20H28N2O3/c23-19(13-16-4-5-16)22-10-6-20(7-11-22)8-12-24-14-17(20)15-25-18-3-1-2-9-21-18/h1-3,9,16-17H,4-8,10-15H2/t17-/m0/s1. The van der Waals surface area contributed by atoms with E-state index < -0.39 is 0 Å². The van der Waals surface area contributed by atoms with E-state index in [1.54, 1.807) is 6.20 Å². The van der Waals surface area contributed by atoms with E-state index in [9.17, 15) is 4.79 Å². The van der Waals surface area contributed by atoms with E-state index in [4.69, 9.17) is 9.47 Å². The molecule has 1 amide bonds. The number of amides is 1. The lowest BCUT2D eigenvalue weighted by Crippen LogP contribution is -2.51. The summed E-state index contributed by atoms with van der Waals surface area (Å²) in [5.74, 6) is 2.10. The van der Waals surface area contributed by atoms with E-state index in [0.717, 1.165) is 52.0 Å². The van der Waals surface area contributed by atoms with Crippen molar-refractivity contribution in [2.75, 3.05) is 32.9 Å². The van der Waals surface area contributed by atoms with E-state index in [1.807, 2.05) is 18.2 Å². The van der Waals surface area contributed by atoms with Crippen LogP contribution in [-0.4, -0.2) is 48.7 Å². The predicted octanol–water partition coefficient (Wildman–Crippen LogP) is 2.91. The molecule has 1 saturated carbocycles. The normalized spacial score (nSPS) is 25.8. The number of ether oxygens (including phenoxy) is 2. The van der Waals surface area contributed by atoms with Gasteiger partial charge in [0, 0.05) is 44.3 Å². The maximum absolute atomic E-state index is 12.4. The number of carbonyl (C=O) groups excluding carboxylic acids is 1. The molecular weight excluding hydrogens is 316 g/mol. The number of piperidine rings is 1. The zero-order valence-electron chi connectivity index (χ0n) is 14.9. The monoisotopic (exact) mass is 344 g/mol. The summed E-state index contributed by atoms with van der Waals surface area (Å²) in [4.78, 5) is 18.7. The lowest BCUT2D eigenvalue weighted by Gasteiger charge is -2.48. The lowest BCUT2D eigenvalue weighted by molar-refractivity contribution is -0.138. The molecule has 5 nitrogen and oxygen atoms in total. The van der Waals surface area contributed by atoms with Gasteiger partial charge in [0.2, 0.25) is 11.8 Å². The number of aromatic nitrogens is 1. The molecule has 25 heavy (non-hydrogen) atoms. The van der Waals surface area contributed by atoms with Gasteiger partial charge < -0.3 is 14.4 Å². The maximum Gasteiger partial charge on any atom is 0.222 e.